The first-order valence-electron chi connectivity index (χ1n) is 8.13. The van der Waals surface area contributed by atoms with Crippen LogP contribution < -0.4 is 14.2 Å². The third-order valence-electron chi connectivity index (χ3n) is 4.35. The number of fused-ring (bicyclic) bond motifs is 2. The molecule has 0 aliphatic rings. The van der Waals surface area contributed by atoms with Gasteiger partial charge in [0.1, 0.15) is 18.1 Å². The number of H-pyrrole nitrogens is 1. The second-order valence-corrected chi connectivity index (χ2v) is 5.83. The Balaban J connectivity index is 1.83. The van der Waals surface area contributed by atoms with Crippen molar-refractivity contribution < 1.29 is 19.3 Å². The average Bonchev–Trinajstić information content (AvgIpc) is 3.07. The molecule has 6 heteroatoms. The molecule has 0 aliphatic carbocycles. The molecule has 6 nitrogen and oxygen atoms in total. The van der Waals surface area contributed by atoms with Gasteiger partial charge in [0, 0.05) is 17.8 Å². The van der Waals surface area contributed by atoms with E-state index < -0.39 is 0 Å². The molecule has 132 valence electrons. The molecule has 0 aliphatic heterocycles. The molecule has 0 amide bonds. The van der Waals surface area contributed by atoms with E-state index in [2.05, 4.69) is 9.97 Å². The largest absolute Gasteiger partial charge is 0.497 e. The fraction of sp³-hybridized carbons (Fsp3) is 0.150. The number of ether oxygens (including phenoxy) is 3. The maximum absolute atomic E-state index is 10.3. The predicted molar refractivity (Wildman–Crippen MR) is 99.1 cm³/mol. The molecule has 0 saturated heterocycles. The molecule has 0 spiro atoms. The molecular weight excluding hydrogens is 332 g/mol. The van der Waals surface area contributed by atoms with Crippen LogP contribution >= 0.6 is 0 Å². The maximum atomic E-state index is 10.3. The number of aromatic hydroxyl groups is 1. The van der Waals surface area contributed by atoms with Crippen LogP contribution in [0.4, 0.5) is 0 Å². The van der Waals surface area contributed by atoms with Gasteiger partial charge in [0.25, 0.3) is 0 Å². The molecule has 4 aromatic rings. The van der Waals surface area contributed by atoms with E-state index in [1.807, 2.05) is 36.4 Å². The second kappa shape index (κ2) is 6.48. The lowest BCUT2D eigenvalue weighted by Crippen LogP contribution is -1.99. The van der Waals surface area contributed by atoms with Gasteiger partial charge >= 0.3 is 0 Å². The highest BCUT2D eigenvalue weighted by molar-refractivity contribution is 6.11. The summed E-state index contributed by atoms with van der Waals surface area (Å²) in [5.41, 5.74) is 1.73. The first-order valence-corrected chi connectivity index (χ1v) is 8.13. The van der Waals surface area contributed by atoms with Gasteiger partial charge in [0.05, 0.1) is 30.5 Å². The zero-order valence-electron chi connectivity index (χ0n) is 14.4. The van der Waals surface area contributed by atoms with E-state index in [1.54, 1.807) is 26.6 Å². The van der Waals surface area contributed by atoms with Crippen LogP contribution in [-0.2, 0) is 6.61 Å². The standard InChI is InChI=1S/C20H18N2O4/c1-24-13-7-5-12(6-8-13)11-26-19-16-15(10-22-20(16)23)18(25-2)14-4-3-9-21-17(14)19/h3-10,21,23H,11H2,1-2H3. The number of nitrogens with one attached hydrogen (secondary N) is 1. The topological polar surface area (TPSA) is 76.6 Å². The zero-order valence-corrected chi connectivity index (χ0v) is 14.4. The maximum Gasteiger partial charge on any atom is 0.222 e. The van der Waals surface area contributed by atoms with Crippen LogP contribution in [0.25, 0.3) is 21.7 Å². The Hall–Kier alpha value is -3.41. The summed E-state index contributed by atoms with van der Waals surface area (Å²) >= 11 is 0. The van der Waals surface area contributed by atoms with Crippen molar-refractivity contribution in [2.45, 2.75) is 6.61 Å². The number of rotatable bonds is 5. The van der Waals surface area contributed by atoms with Crippen molar-refractivity contribution in [1.82, 2.24) is 9.97 Å². The highest BCUT2D eigenvalue weighted by Gasteiger charge is 2.20. The lowest BCUT2D eigenvalue weighted by Gasteiger charge is -2.14. The van der Waals surface area contributed by atoms with Gasteiger partial charge in [0.15, 0.2) is 5.75 Å². The summed E-state index contributed by atoms with van der Waals surface area (Å²) in [5.74, 6) is 1.90. The van der Waals surface area contributed by atoms with Crippen molar-refractivity contribution in [3.63, 3.8) is 0 Å². The van der Waals surface area contributed by atoms with Crippen LogP contribution in [-0.4, -0.2) is 29.3 Å². The highest BCUT2D eigenvalue weighted by Crippen LogP contribution is 2.45. The monoisotopic (exact) mass is 350 g/mol. The third-order valence-corrected chi connectivity index (χ3v) is 4.35. The molecular formula is C20H18N2O4. The first kappa shape index (κ1) is 16.1. The number of nitrogens with zero attached hydrogens (tertiary/aromatic N) is 1. The SMILES string of the molecule is COc1ccc(COc2c3[nH]cccc3c(OC)c3cnc(O)c23)cc1. The molecule has 2 aromatic carbocycles. The summed E-state index contributed by atoms with van der Waals surface area (Å²) in [5, 5.41) is 12.4. The molecule has 0 atom stereocenters. The number of pyridine rings is 1. The van der Waals surface area contributed by atoms with E-state index in [0.29, 0.717) is 28.9 Å². The van der Waals surface area contributed by atoms with Gasteiger partial charge in [-0.2, -0.15) is 0 Å². The van der Waals surface area contributed by atoms with Crippen LogP contribution in [0.2, 0.25) is 0 Å². The lowest BCUT2D eigenvalue weighted by atomic mass is 10.1. The average molecular weight is 350 g/mol. The Bertz CT molecular complexity index is 1070. The summed E-state index contributed by atoms with van der Waals surface area (Å²) in [4.78, 5) is 7.22. The van der Waals surface area contributed by atoms with E-state index in [0.717, 1.165) is 22.2 Å². The summed E-state index contributed by atoms with van der Waals surface area (Å²) in [6.45, 7) is 0.341. The van der Waals surface area contributed by atoms with Crippen molar-refractivity contribution in [3.05, 3.63) is 54.4 Å². The van der Waals surface area contributed by atoms with Gasteiger partial charge in [-0.3, -0.25) is 0 Å². The van der Waals surface area contributed by atoms with E-state index in [4.69, 9.17) is 14.2 Å². The molecule has 0 saturated carbocycles. The van der Waals surface area contributed by atoms with Crippen LogP contribution in [0.1, 0.15) is 5.56 Å². The molecule has 2 heterocycles. The van der Waals surface area contributed by atoms with Crippen molar-refractivity contribution in [2.24, 2.45) is 0 Å². The van der Waals surface area contributed by atoms with Gasteiger partial charge in [-0.15, -0.1) is 0 Å². The minimum Gasteiger partial charge on any atom is -0.497 e. The highest BCUT2D eigenvalue weighted by atomic mass is 16.5. The van der Waals surface area contributed by atoms with Crippen molar-refractivity contribution >= 4 is 21.7 Å². The number of aromatic amines is 1. The number of hydrogen-bond acceptors (Lipinski definition) is 5. The van der Waals surface area contributed by atoms with Crippen molar-refractivity contribution in [2.75, 3.05) is 14.2 Å². The summed E-state index contributed by atoms with van der Waals surface area (Å²) in [6.07, 6.45) is 3.40. The van der Waals surface area contributed by atoms with E-state index in [-0.39, 0.29) is 5.88 Å². The Kier molecular flexibility index (Phi) is 4.01. The van der Waals surface area contributed by atoms with Gasteiger partial charge in [0.2, 0.25) is 5.88 Å². The summed E-state index contributed by atoms with van der Waals surface area (Å²) < 4.78 is 16.8. The molecule has 0 radical (unpaired) electrons. The van der Waals surface area contributed by atoms with Crippen LogP contribution in [0.3, 0.4) is 0 Å². The molecule has 0 unspecified atom stereocenters. The molecule has 2 aromatic heterocycles. The van der Waals surface area contributed by atoms with E-state index >= 15 is 0 Å². The summed E-state index contributed by atoms with van der Waals surface area (Å²) in [7, 11) is 3.23. The number of hydrogen-bond donors (Lipinski definition) is 2. The van der Waals surface area contributed by atoms with Gasteiger partial charge in [-0.25, -0.2) is 4.98 Å². The third kappa shape index (κ3) is 2.56. The molecule has 2 N–H and O–H groups in total. The summed E-state index contributed by atoms with van der Waals surface area (Å²) in [6, 6.07) is 11.5. The molecule has 4 rings (SSSR count). The molecule has 0 fully saturated rings. The fourth-order valence-electron chi connectivity index (χ4n) is 3.10. The predicted octanol–water partition coefficient (Wildman–Crippen LogP) is 4.02. The Morgan fingerprint density at radius 1 is 1.00 bits per heavy atom. The quantitative estimate of drug-likeness (QED) is 0.568. The molecule has 26 heavy (non-hydrogen) atoms. The second-order valence-electron chi connectivity index (χ2n) is 5.83. The van der Waals surface area contributed by atoms with Crippen molar-refractivity contribution in [1.29, 1.82) is 0 Å². The Morgan fingerprint density at radius 2 is 1.81 bits per heavy atom. The minimum absolute atomic E-state index is 0.0813. The van der Waals surface area contributed by atoms with Crippen LogP contribution in [0.15, 0.2) is 48.8 Å². The fourth-order valence-corrected chi connectivity index (χ4v) is 3.10. The normalized spacial score (nSPS) is 11.0. The van der Waals surface area contributed by atoms with Gasteiger partial charge in [-0.1, -0.05) is 12.1 Å². The van der Waals surface area contributed by atoms with Gasteiger partial charge in [-0.05, 0) is 29.8 Å². The van der Waals surface area contributed by atoms with E-state index in [1.165, 1.54) is 0 Å². The lowest BCUT2D eigenvalue weighted by molar-refractivity contribution is 0.311. The minimum atomic E-state index is -0.0813. The van der Waals surface area contributed by atoms with Crippen LogP contribution in [0, 0.1) is 0 Å². The van der Waals surface area contributed by atoms with Crippen molar-refractivity contribution in [3.8, 4) is 23.1 Å². The number of aromatic nitrogens is 2. The Morgan fingerprint density at radius 3 is 2.54 bits per heavy atom. The number of benzene rings is 2. The molecule has 0 bridgehead atoms. The Labute approximate surface area is 150 Å². The number of methoxy groups -OCH3 is 2. The van der Waals surface area contributed by atoms with Gasteiger partial charge < -0.3 is 24.3 Å². The smallest absolute Gasteiger partial charge is 0.222 e. The van der Waals surface area contributed by atoms with Crippen LogP contribution in [0.5, 0.6) is 23.1 Å². The first-order chi connectivity index (χ1) is 12.7. The zero-order chi connectivity index (χ0) is 18.1. The van der Waals surface area contributed by atoms with E-state index in [9.17, 15) is 5.11 Å².